The molecule has 0 unspecified atom stereocenters. The van der Waals surface area contributed by atoms with E-state index in [-0.39, 0.29) is 0 Å². The maximum Gasteiger partial charge on any atom is -0.0307 e. The van der Waals surface area contributed by atoms with Gasteiger partial charge in [0.2, 0.25) is 0 Å². The summed E-state index contributed by atoms with van der Waals surface area (Å²) in [5.74, 6) is 0. The van der Waals surface area contributed by atoms with Crippen LogP contribution in [0.2, 0.25) is 0 Å². The van der Waals surface area contributed by atoms with Gasteiger partial charge in [-0.2, -0.15) is 0 Å². The van der Waals surface area contributed by atoms with Crippen LogP contribution in [0.15, 0.2) is 48.5 Å². The normalized spacial score (nSPS) is 9.80. The van der Waals surface area contributed by atoms with Crippen LogP contribution < -0.4 is 0 Å². The summed E-state index contributed by atoms with van der Waals surface area (Å²) in [6, 6.07) is 17.7. The topological polar surface area (TPSA) is 0 Å². The Labute approximate surface area is 124 Å². The minimum absolute atomic E-state index is 1.14. The molecular formula is C20H28. The fourth-order valence-electron chi connectivity index (χ4n) is 2.02. The van der Waals surface area contributed by atoms with E-state index in [4.69, 9.17) is 0 Å². The van der Waals surface area contributed by atoms with Crippen LogP contribution >= 0.6 is 0 Å². The van der Waals surface area contributed by atoms with Crippen molar-refractivity contribution in [2.45, 2.75) is 53.4 Å². The first kappa shape index (κ1) is 16.5. The molecular weight excluding hydrogens is 240 g/mol. The molecule has 108 valence electrons. The number of rotatable bonds is 4. The van der Waals surface area contributed by atoms with Gasteiger partial charge in [-0.25, -0.2) is 0 Å². The molecule has 0 aliphatic heterocycles. The van der Waals surface area contributed by atoms with Gasteiger partial charge in [0, 0.05) is 0 Å². The minimum Gasteiger partial charge on any atom is -0.0613 e. The molecule has 0 spiro atoms. The summed E-state index contributed by atoms with van der Waals surface area (Å²) in [5.41, 5.74) is 5.71. The van der Waals surface area contributed by atoms with E-state index < -0.39 is 0 Å². The number of benzene rings is 2. The number of aryl methyl sites for hydroxylation is 4. The lowest BCUT2D eigenvalue weighted by atomic mass is 10.1. The number of hydrogen-bond acceptors (Lipinski definition) is 0. The second-order valence-electron chi connectivity index (χ2n) is 5.05. The van der Waals surface area contributed by atoms with Crippen molar-refractivity contribution < 1.29 is 0 Å². The predicted molar refractivity (Wildman–Crippen MR) is 90.4 cm³/mol. The van der Waals surface area contributed by atoms with Gasteiger partial charge in [0.1, 0.15) is 0 Å². The summed E-state index contributed by atoms with van der Waals surface area (Å²) in [4.78, 5) is 0. The van der Waals surface area contributed by atoms with Crippen molar-refractivity contribution in [3.63, 3.8) is 0 Å². The monoisotopic (exact) mass is 268 g/mol. The average molecular weight is 268 g/mol. The SMILES string of the molecule is CCc1ccc(CC)cc1.CCc1ccc(CC)cc1. The molecule has 0 nitrogen and oxygen atoms in total. The molecule has 0 aliphatic rings. The summed E-state index contributed by atoms with van der Waals surface area (Å²) in [5, 5.41) is 0. The molecule has 0 amide bonds. The second-order valence-corrected chi connectivity index (χ2v) is 5.05. The van der Waals surface area contributed by atoms with Gasteiger partial charge in [-0.1, -0.05) is 76.2 Å². The third-order valence-corrected chi connectivity index (χ3v) is 3.68. The molecule has 20 heavy (non-hydrogen) atoms. The molecule has 0 heterocycles. The fourth-order valence-corrected chi connectivity index (χ4v) is 2.02. The largest absolute Gasteiger partial charge is 0.0613 e. The quantitative estimate of drug-likeness (QED) is 0.675. The second kappa shape index (κ2) is 9.36. The van der Waals surface area contributed by atoms with Gasteiger partial charge in [0.25, 0.3) is 0 Å². The van der Waals surface area contributed by atoms with Crippen molar-refractivity contribution >= 4 is 0 Å². The average Bonchev–Trinajstić information content (AvgIpc) is 2.55. The van der Waals surface area contributed by atoms with Gasteiger partial charge in [-0.3, -0.25) is 0 Å². The van der Waals surface area contributed by atoms with Crippen molar-refractivity contribution in [2.24, 2.45) is 0 Å². The maximum absolute atomic E-state index is 2.21. The highest BCUT2D eigenvalue weighted by Gasteiger charge is 1.89. The number of hydrogen-bond donors (Lipinski definition) is 0. The van der Waals surface area contributed by atoms with Crippen molar-refractivity contribution in [3.8, 4) is 0 Å². The Morgan fingerprint density at radius 3 is 0.650 bits per heavy atom. The van der Waals surface area contributed by atoms with E-state index in [0.29, 0.717) is 0 Å². The van der Waals surface area contributed by atoms with Crippen LogP contribution in [0, 0.1) is 0 Å². The van der Waals surface area contributed by atoms with E-state index in [0.717, 1.165) is 25.7 Å². The Balaban J connectivity index is 0.000000200. The molecule has 0 aliphatic carbocycles. The summed E-state index contributed by atoms with van der Waals surface area (Å²) in [7, 11) is 0. The lowest BCUT2D eigenvalue weighted by molar-refractivity contribution is 1.10. The van der Waals surface area contributed by atoms with Crippen molar-refractivity contribution in [1.82, 2.24) is 0 Å². The van der Waals surface area contributed by atoms with E-state index in [2.05, 4.69) is 76.2 Å². The third-order valence-electron chi connectivity index (χ3n) is 3.68. The first-order valence-electron chi connectivity index (χ1n) is 7.89. The molecule has 0 saturated heterocycles. The molecule has 0 saturated carbocycles. The first-order valence-corrected chi connectivity index (χ1v) is 7.89. The van der Waals surface area contributed by atoms with Crippen molar-refractivity contribution in [2.75, 3.05) is 0 Å². The fraction of sp³-hybridized carbons (Fsp3) is 0.400. The molecule has 0 N–H and O–H groups in total. The van der Waals surface area contributed by atoms with Gasteiger partial charge in [-0.15, -0.1) is 0 Å². The van der Waals surface area contributed by atoms with E-state index in [1.165, 1.54) is 22.3 Å². The van der Waals surface area contributed by atoms with Crippen molar-refractivity contribution in [3.05, 3.63) is 70.8 Å². The molecule has 0 aromatic heterocycles. The van der Waals surface area contributed by atoms with Gasteiger partial charge in [0.05, 0.1) is 0 Å². The van der Waals surface area contributed by atoms with Crippen LogP contribution in [0.25, 0.3) is 0 Å². The van der Waals surface area contributed by atoms with Crippen LogP contribution in [0.1, 0.15) is 49.9 Å². The standard InChI is InChI=1S/2C10H14/c2*1-3-9-5-7-10(4-2)8-6-9/h2*5-8H,3-4H2,1-2H3. The molecule has 2 rings (SSSR count). The van der Waals surface area contributed by atoms with Gasteiger partial charge >= 0.3 is 0 Å². The Kier molecular flexibility index (Phi) is 7.72. The molecule has 2 aromatic rings. The summed E-state index contributed by atoms with van der Waals surface area (Å²) in [6.07, 6.45) is 4.57. The molecule has 0 fully saturated rings. The highest BCUT2D eigenvalue weighted by molar-refractivity contribution is 5.22. The minimum atomic E-state index is 1.14. The van der Waals surface area contributed by atoms with Crippen LogP contribution in [-0.2, 0) is 25.7 Å². The molecule has 2 aromatic carbocycles. The van der Waals surface area contributed by atoms with Crippen LogP contribution in [0.5, 0.6) is 0 Å². The van der Waals surface area contributed by atoms with Gasteiger partial charge in [0.15, 0.2) is 0 Å². The smallest absolute Gasteiger partial charge is 0.0307 e. The highest BCUT2D eigenvalue weighted by atomic mass is 13.9. The van der Waals surface area contributed by atoms with E-state index in [9.17, 15) is 0 Å². The zero-order valence-corrected chi connectivity index (χ0v) is 13.4. The van der Waals surface area contributed by atoms with Crippen LogP contribution in [-0.4, -0.2) is 0 Å². The summed E-state index contributed by atoms with van der Waals surface area (Å²) in [6.45, 7) is 8.73. The van der Waals surface area contributed by atoms with E-state index in [1.54, 1.807) is 0 Å². The van der Waals surface area contributed by atoms with E-state index in [1.807, 2.05) is 0 Å². The Morgan fingerprint density at radius 2 is 0.550 bits per heavy atom. The van der Waals surface area contributed by atoms with E-state index >= 15 is 0 Å². The van der Waals surface area contributed by atoms with Gasteiger partial charge < -0.3 is 0 Å². The maximum atomic E-state index is 2.21. The van der Waals surface area contributed by atoms with Crippen LogP contribution in [0.4, 0.5) is 0 Å². The molecule has 0 radical (unpaired) electrons. The zero-order chi connectivity index (χ0) is 14.8. The van der Waals surface area contributed by atoms with Gasteiger partial charge in [-0.05, 0) is 47.9 Å². The Bertz CT molecular complexity index is 369. The van der Waals surface area contributed by atoms with Crippen molar-refractivity contribution in [1.29, 1.82) is 0 Å². The Hall–Kier alpha value is -1.56. The first-order chi connectivity index (χ1) is 9.73. The molecule has 0 bridgehead atoms. The highest BCUT2D eigenvalue weighted by Crippen LogP contribution is 2.05. The third kappa shape index (κ3) is 5.61. The lowest BCUT2D eigenvalue weighted by Crippen LogP contribution is -1.81. The summed E-state index contributed by atoms with van der Waals surface area (Å²) < 4.78 is 0. The summed E-state index contributed by atoms with van der Waals surface area (Å²) >= 11 is 0. The Morgan fingerprint density at radius 1 is 0.400 bits per heavy atom. The van der Waals surface area contributed by atoms with Crippen LogP contribution in [0.3, 0.4) is 0 Å². The zero-order valence-electron chi connectivity index (χ0n) is 13.4. The predicted octanol–water partition coefficient (Wildman–Crippen LogP) is 5.62. The lowest BCUT2D eigenvalue weighted by Gasteiger charge is -1.97. The molecule has 0 atom stereocenters. The molecule has 0 heteroatoms.